The van der Waals surface area contributed by atoms with Crippen LogP contribution in [0.25, 0.3) is 17.1 Å². The number of hydrogen-bond donors (Lipinski definition) is 2. The van der Waals surface area contributed by atoms with Crippen LogP contribution >= 0.6 is 23.2 Å². The lowest BCUT2D eigenvalue weighted by Crippen LogP contribution is -2.28. The quantitative estimate of drug-likeness (QED) is 0.507. The van der Waals surface area contributed by atoms with Gasteiger partial charge in [0.05, 0.1) is 22.8 Å². The van der Waals surface area contributed by atoms with E-state index in [0.717, 1.165) is 4.90 Å². The van der Waals surface area contributed by atoms with E-state index in [-0.39, 0.29) is 33.9 Å². The van der Waals surface area contributed by atoms with Crippen LogP contribution < -0.4 is 0 Å². The van der Waals surface area contributed by atoms with Crippen molar-refractivity contribution in [3.05, 3.63) is 51.5 Å². The first-order chi connectivity index (χ1) is 12.9. The van der Waals surface area contributed by atoms with Crippen LogP contribution in [0.2, 0.25) is 10.2 Å². The van der Waals surface area contributed by atoms with E-state index >= 15 is 0 Å². The van der Waals surface area contributed by atoms with Crippen LogP contribution in [0.4, 0.5) is 4.79 Å². The zero-order valence-electron chi connectivity index (χ0n) is 13.3. The number of aromatic nitrogens is 4. The van der Waals surface area contributed by atoms with E-state index in [2.05, 4.69) is 20.4 Å². The van der Waals surface area contributed by atoms with Crippen molar-refractivity contribution in [3.8, 4) is 5.75 Å². The zero-order chi connectivity index (χ0) is 19.1. The number of aromatic amines is 1. The number of cyclic esters (lactones) is 1. The summed E-state index contributed by atoms with van der Waals surface area (Å²) in [6.45, 7) is -0.210. The first kappa shape index (κ1) is 17.3. The molecule has 27 heavy (non-hydrogen) atoms. The SMILES string of the molecule is O=C1O/C(=C\c2ccc3nn[nH]c3c2)C(=O)N1Cc1cc(Cl)c(O)c(Cl)n1. The summed E-state index contributed by atoms with van der Waals surface area (Å²) >= 11 is 11.6. The maximum absolute atomic E-state index is 12.5. The van der Waals surface area contributed by atoms with Crippen LogP contribution in [-0.2, 0) is 16.1 Å². The van der Waals surface area contributed by atoms with E-state index in [0.29, 0.717) is 16.6 Å². The Bertz CT molecular complexity index is 1100. The van der Waals surface area contributed by atoms with Gasteiger partial charge in [-0.2, -0.15) is 0 Å². The van der Waals surface area contributed by atoms with Gasteiger partial charge in [-0.25, -0.2) is 14.7 Å². The van der Waals surface area contributed by atoms with Crippen molar-refractivity contribution in [1.29, 1.82) is 0 Å². The highest BCUT2D eigenvalue weighted by atomic mass is 35.5. The van der Waals surface area contributed by atoms with Gasteiger partial charge in [-0.3, -0.25) is 9.89 Å². The van der Waals surface area contributed by atoms with Gasteiger partial charge in [0.1, 0.15) is 5.52 Å². The minimum Gasteiger partial charge on any atom is -0.504 e. The monoisotopic (exact) mass is 405 g/mol. The van der Waals surface area contributed by atoms with Crippen molar-refractivity contribution in [3.63, 3.8) is 0 Å². The number of halogens is 2. The smallest absolute Gasteiger partial charge is 0.422 e. The van der Waals surface area contributed by atoms with Crippen molar-refractivity contribution in [1.82, 2.24) is 25.3 Å². The number of nitrogens with zero attached hydrogens (tertiary/aromatic N) is 4. The molecule has 0 bridgehead atoms. The molecule has 0 spiro atoms. The molecule has 136 valence electrons. The number of ether oxygens (including phenoxy) is 1. The number of fused-ring (bicyclic) bond motifs is 1. The largest absolute Gasteiger partial charge is 0.504 e. The van der Waals surface area contributed by atoms with Crippen molar-refractivity contribution < 1.29 is 19.4 Å². The fraction of sp³-hybridized carbons (Fsp3) is 0.0625. The lowest BCUT2D eigenvalue weighted by atomic mass is 10.1. The molecule has 2 N–H and O–H groups in total. The third-order valence-electron chi connectivity index (χ3n) is 3.80. The molecular weight excluding hydrogens is 397 g/mol. The second-order valence-electron chi connectivity index (χ2n) is 5.59. The molecular formula is C16H9Cl2N5O4. The third kappa shape index (κ3) is 3.18. The molecule has 1 aromatic carbocycles. The van der Waals surface area contributed by atoms with Crippen molar-refractivity contribution in [2.45, 2.75) is 6.54 Å². The van der Waals surface area contributed by atoms with Gasteiger partial charge in [0.2, 0.25) is 0 Å². The van der Waals surface area contributed by atoms with E-state index in [1.165, 1.54) is 12.1 Å². The summed E-state index contributed by atoms with van der Waals surface area (Å²) in [5.41, 5.74) is 2.19. The van der Waals surface area contributed by atoms with E-state index in [1.807, 2.05) is 0 Å². The number of hydrogen-bond acceptors (Lipinski definition) is 7. The second-order valence-corrected chi connectivity index (χ2v) is 6.36. The molecule has 1 aliphatic heterocycles. The fourth-order valence-corrected chi connectivity index (χ4v) is 2.98. The molecule has 0 aliphatic carbocycles. The fourth-order valence-electron chi connectivity index (χ4n) is 2.51. The predicted octanol–water partition coefficient (Wildman–Crippen LogP) is 2.89. The standard InChI is InChI=1S/C16H9Cl2N5O4/c17-9-5-8(19-14(18)13(9)24)6-23-15(25)12(27-16(23)26)4-7-1-2-10-11(3-7)21-22-20-10/h1-5,24H,6H2,(H,20,21,22)/b12-4-. The van der Waals surface area contributed by atoms with Gasteiger partial charge in [-0.05, 0) is 29.8 Å². The molecule has 4 rings (SSSR count). The third-order valence-corrected chi connectivity index (χ3v) is 4.35. The van der Waals surface area contributed by atoms with Crippen molar-refractivity contribution >= 4 is 52.3 Å². The van der Waals surface area contributed by atoms with Crippen LogP contribution in [0.15, 0.2) is 30.0 Å². The Morgan fingerprint density at radius 2 is 2.07 bits per heavy atom. The Morgan fingerprint density at radius 3 is 2.85 bits per heavy atom. The number of nitrogens with one attached hydrogen (secondary N) is 1. The van der Waals surface area contributed by atoms with Gasteiger partial charge in [0.25, 0.3) is 5.91 Å². The molecule has 0 atom stereocenters. The highest BCUT2D eigenvalue weighted by Gasteiger charge is 2.37. The summed E-state index contributed by atoms with van der Waals surface area (Å²) in [7, 11) is 0. The highest BCUT2D eigenvalue weighted by Crippen LogP contribution is 2.31. The number of carbonyl (C=O) groups is 2. The first-order valence-electron chi connectivity index (χ1n) is 7.52. The highest BCUT2D eigenvalue weighted by molar-refractivity contribution is 6.36. The minimum absolute atomic E-state index is 0.0396. The van der Waals surface area contributed by atoms with Crippen LogP contribution in [-0.4, -0.2) is 42.4 Å². The molecule has 0 unspecified atom stereocenters. The molecule has 1 fully saturated rings. The van der Waals surface area contributed by atoms with E-state index in [1.54, 1.807) is 18.2 Å². The van der Waals surface area contributed by atoms with Crippen LogP contribution in [0, 0.1) is 0 Å². The summed E-state index contributed by atoms with van der Waals surface area (Å²) in [6.07, 6.45) is 0.586. The van der Waals surface area contributed by atoms with Crippen molar-refractivity contribution in [2.24, 2.45) is 0 Å². The van der Waals surface area contributed by atoms with Gasteiger partial charge in [0, 0.05) is 0 Å². The molecule has 1 saturated heterocycles. The summed E-state index contributed by atoms with van der Waals surface area (Å²) in [4.78, 5) is 29.3. The Morgan fingerprint density at radius 1 is 1.26 bits per heavy atom. The molecule has 3 heterocycles. The molecule has 11 heteroatoms. The minimum atomic E-state index is -0.849. The molecule has 3 aromatic rings. The second kappa shape index (κ2) is 6.53. The Balaban J connectivity index is 1.60. The van der Waals surface area contributed by atoms with Gasteiger partial charge in [0.15, 0.2) is 16.7 Å². The summed E-state index contributed by atoms with van der Waals surface area (Å²) < 4.78 is 5.05. The van der Waals surface area contributed by atoms with E-state index in [9.17, 15) is 14.7 Å². The number of rotatable bonds is 3. The average molecular weight is 406 g/mol. The molecule has 0 saturated carbocycles. The number of imide groups is 1. The number of benzene rings is 1. The summed E-state index contributed by atoms with van der Waals surface area (Å²) in [6, 6.07) is 6.45. The maximum Gasteiger partial charge on any atom is 0.422 e. The van der Waals surface area contributed by atoms with Crippen molar-refractivity contribution in [2.75, 3.05) is 0 Å². The van der Waals surface area contributed by atoms with Crippen LogP contribution in [0.3, 0.4) is 0 Å². The number of aromatic hydroxyl groups is 1. The lowest BCUT2D eigenvalue weighted by Gasteiger charge is -2.10. The van der Waals surface area contributed by atoms with E-state index < -0.39 is 12.0 Å². The molecule has 0 radical (unpaired) electrons. The zero-order valence-corrected chi connectivity index (χ0v) is 14.8. The summed E-state index contributed by atoms with van der Waals surface area (Å²) in [5.74, 6) is -1.14. The number of carbonyl (C=O) groups excluding carboxylic acids is 2. The average Bonchev–Trinajstić information content (AvgIpc) is 3.19. The maximum atomic E-state index is 12.5. The molecule has 9 nitrogen and oxygen atoms in total. The van der Waals surface area contributed by atoms with Crippen LogP contribution in [0.1, 0.15) is 11.3 Å². The predicted molar refractivity (Wildman–Crippen MR) is 94.8 cm³/mol. The van der Waals surface area contributed by atoms with Gasteiger partial charge in [-0.15, -0.1) is 5.10 Å². The summed E-state index contributed by atoms with van der Waals surface area (Å²) in [5, 5.41) is 19.5. The van der Waals surface area contributed by atoms with Crippen LogP contribution in [0.5, 0.6) is 5.75 Å². The van der Waals surface area contributed by atoms with Gasteiger partial charge in [-0.1, -0.05) is 34.5 Å². The number of H-pyrrole nitrogens is 1. The van der Waals surface area contributed by atoms with Gasteiger partial charge >= 0.3 is 6.09 Å². The Labute approximate surface area is 161 Å². The Hall–Kier alpha value is -3.17. The number of pyridine rings is 1. The van der Waals surface area contributed by atoms with E-state index in [4.69, 9.17) is 27.9 Å². The Kier molecular flexibility index (Phi) is 4.17. The molecule has 2 amide bonds. The topological polar surface area (TPSA) is 121 Å². The first-order valence-corrected chi connectivity index (χ1v) is 8.28. The molecule has 2 aromatic heterocycles. The van der Waals surface area contributed by atoms with Gasteiger partial charge < -0.3 is 9.84 Å². The lowest BCUT2D eigenvalue weighted by molar-refractivity contribution is -0.123. The molecule has 1 aliphatic rings. The number of amides is 2. The normalized spacial score (nSPS) is 15.8.